The van der Waals surface area contributed by atoms with Crippen LogP contribution in [0.2, 0.25) is 5.02 Å². The lowest BCUT2D eigenvalue weighted by Crippen LogP contribution is -2.23. The SMILES string of the molecule is COc1cc(/C=C(\C#N)C(=O)NCc2ccco2)cc(Cl)c1OC. The second-order valence-corrected chi connectivity index (χ2v) is 5.08. The van der Waals surface area contributed by atoms with Crippen molar-refractivity contribution in [3.8, 4) is 17.6 Å². The van der Waals surface area contributed by atoms with E-state index in [4.69, 9.17) is 25.5 Å². The van der Waals surface area contributed by atoms with Gasteiger partial charge in [0.2, 0.25) is 0 Å². The van der Waals surface area contributed by atoms with E-state index in [0.717, 1.165) is 0 Å². The number of carbonyl (C=O) groups excluding carboxylic acids is 1. The highest BCUT2D eigenvalue weighted by molar-refractivity contribution is 6.32. The molecule has 0 aliphatic heterocycles. The van der Waals surface area contributed by atoms with Gasteiger partial charge < -0.3 is 19.2 Å². The first kappa shape index (κ1) is 17.4. The Labute approximate surface area is 144 Å². The maximum Gasteiger partial charge on any atom is 0.262 e. The summed E-state index contributed by atoms with van der Waals surface area (Å²) in [6.07, 6.45) is 2.93. The molecule has 0 fully saturated rings. The number of halogens is 1. The van der Waals surface area contributed by atoms with Gasteiger partial charge in [0.25, 0.3) is 5.91 Å². The Kier molecular flexibility index (Phi) is 5.88. The van der Waals surface area contributed by atoms with Crippen LogP contribution in [-0.2, 0) is 11.3 Å². The lowest BCUT2D eigenvalue weighted by Gasteiger charge is -2.10. The molecule has 1 aromatic carbocycles. The fourth-order valence-electron chi connectivity index (χ4n) is 2.01. The number of ether oxygens (including phenoxy) is 2. The normalized spacial score (nSPS) is 10.8. The zero-order valence-corrected chi connectivity index (χ0v) is 13.9. The van der Waals surface area contributed by atoms with Crippen LogP contribution in [0.1, 0.15) is 11.3 Å². The van der Waals surface area contributed by atoms with E-state index in [1.54, 1.807) is 24.3 Å². The molecule has 2 rings (SSSR count). The first-order valence-electron chi connectivity index (χ1n) is 6.93. The topological polar surface area (TPSA) is 84.5 Å². The maximum atomic E-state index is 12.1. The minimum Gasteiger partial charge on any atom is -0.493 e. The van der Waals surface area contributed by atoms with E-state index in [1.807, 2.05) is 6.07 Å². The molecule has 0 aliphatic rings. The van der Waals surface area contributed by atoms with E-state index in [2.05, 4.69) is 5.32 Å². The van der Waals surface area contributed by atoms with E-state index < -0.39 is 5.91 Å². The summed E-state index contributed by atoms with van der Waals surface area (Å²) in [4.78, 5) is 12.1. The number of carbonyl (C=O) groups is 1. The Morgan fingerprint density at radius 3 is 2.79 bits per heavy atom. The average molecular weight is 347 g/mol. The zero-order valence-electron chi connectivity index (χ0n) is 13.1. The second-order valence-electron chi connectivity index (χ2n) is 4.67. The van der Waals surface area contributed by atoms with E-state index in [0.29, 0.717) is 27.8 Å². The third-order valence-electron chi connectivity index (χ3n) is 3.14. The molecular formula is C17H15ClN2O4. The standard InChI is InChI=1S/C17H15ClN2O4/c1-22-15-8-11(7-14(18)16(15)23-2)6-12(9-19)17(21)20-10-13-4-3-5-24-13/h3-8H,10H2,1-2H3,(H,20,21)/b12-6+. The molecule has 6 nitrogen and oxygen atoms in total. The molecule has 0 unspecified atom stereocenters. The first-order chi connectivity index (χ1) is 11.6. The van der Waals surface area contributed by atoms with Crippen LogP contribution < -0.4 is 14.8 Å². The minimum absolute atomic E-state index is 0.0650. The van der Waals surface area contributed by atoms with Gasteiger partial charge in [-0.3, -0.25) is 4.79 Å². The van der Waals surface area contributed by atoms with Crippen molar-refractivity contribution in [3.05, 3.63) is 52.4 Å². The van der Waals surface area contributed by atoms with Gasteiger partial charge >= 0.3 is 0 Å². The predicted octanol–water partition coefficient (Wildman–Crippen LogP) is 3.17. The molecule has 2 aromatic rings. The molecule has 1 amide bonds. The van der Waals surface area contributed by atoms with Crippen LogP contribution in [0, 0.1) is 11.3 Å². The zero-order chi connectivity index (χ0) is 17.5. The number of methoxy groups -OCH3 is 2. The van der Waals surface area contributed by atoms with Crippen molar-refractivity contribution in [2.75, 3.05) is 14.2 Å². The summed E-state index contributed by atoms with van der Waals surface area (Å²) < 4.78 is 15.5. The monoisotopic (exact) mass is 346 g/mol. The van der Waals surface area contributed by atoms with Crippen LogP contribution in [0.5, 0.6) is 11.5 Å². The fraction of sp³-hybridized carbons (Fsp3) is 0.176. The molecule has 0 saturated carbocycles. The Hall–Kier alpha value is -2.91. The van der Waals surface area contributed by atoms with Gasteiger partial charge in [0.1, 0.15) is 17.4 Å². The van der Waals surface area contributed by atoms with Crippen LogP contribution in [0.3, 0.4) is 0 Å². The van der Waals surface area contributed by atoms with Crippen molar-refractivity contribution >= 4 is 23.6 Å². The highest BCUT2D eigenvalue weighted by atomic mass is 35.5. The number of benzene rings is 1. The first-order valence-corrected chi connectivity index (χ1v) is 7.30. The van der Waals surface area contributed by atoms with Crippen molar-refractivity contribution in [2.24, 2.45) is 0 Å². The molecule has 24 heavy (non-hydrogen) atoms. The van der Waals surface area contributed by atoms with Crippen molar-refractivity contribution < 1.29 is 18.7 Å². The summed E-state index contributed by atoms with van der Waals surface area (Å²) >= 11 is 6.12. The Bertz CT molecular complexity index is 792. The largest absolute Gasteiger partial charge is 0.493 e. The molecule has 1 heterocycles. The summed E-state index contributed by atoms with van der Waals surface area (Å²) in [6.45, 7) is 0.192. The number of furan rings is 1. The number of amides is 1. The van der Waals surface area contributed by atoms with Crippen LogP contribution in [0.4, 0.5) is 0 Å². The smallest absolute Gasteiger partial charge is 0.262 e. The Balaban J connectivity index is 2.22. The molecule has 0 radical (unpaired) electrons. The van der Waals surface area contributed by atoms with Gasteiger partial charge in [-0.25, -0.2) is 0 Å². The quantitative estimate of drug-likeness (QED) is 0.641. The van der Waals surface area contributed by atoms with Crippen molar-refractivity contribution in [1.82, 2.24) is 5.32 Å². The molecule has 0 aliphatic carbocycles. The van der Waals surface area contributed by atoms with Crippen LogP contribution in [-0.4, -0.2) is 20.1 Å². The molecule has 124 valence electrons. The van der Waals surface area contributed by atoms with Gasteiger partial charge in [-0.2, -0.15) is 5.26 Å². The number of rotatable bonds is 6. The van der Waals surface area contributed by atoms with E-state index in [1.165, 1.54) is 26.6 Å². The lowest BCUT2D eigenvalue weighted by atomic mass is 10.1. The van der Waals surface area contributed by atoms with Gasteiger partial charge in [0, 0.05) is 0 Å². The van der Waals surface area contributed by atoms with E-state index in [9.17, 15) is 10.1 Å². The Morgan fingerprint density at radius 1 is 1.42 bits per heavy atom. The summed E-state index contributed by atoms with van der Waals surface area (Å²) in [5, 5.41) is 12.1. The highest BCUT2D eigenvalue weighted by Gasteiger charge is 2.13. The van der Waals surface area contributed by atoms with E-state index >= 15 is 0 Å². The summed E-state index contributed by atoms with van der Waals surface area (Å²) in [5.74, 6) is 0.872. The van der Waals surface area contributed by atoms with Crippen LogP contribution >= 0.6 is 11.6 Å². The summed E-state index contributed by atoms with van der Waals surface area (Å²) in [7, 11) is 2.95. The summed E-state index contributed by atoms with van der Waals surface area (Å²) in [5.41, 5.74) is 0.479. The molecule has 0 saturated heterocycles. The molecule has 1 N–H and O–H groups in total. The van der Waals surface area contributed by atoms with Crippen molar-refractivity contribution in [1.29, 1.82) is 5.26 Å². The third kappa shape index (κ3) is 4.09. The van der Waals surface area contributed by atoms with Gasteiger partial charge in [0.05, 0.1) is 32.1 Å². The molecular weight excluding hydrogens is 332 g/mol. The van der Waals surface area contributed by atoms with Crippen LogP contribution in [0.25, 0.3) is 6.08 Å². The van der Waals surface area contributed by atoms with Crippen molar-refractivity contribution in [2.45, 2.75) is 6.54 Å². The second kappa shape index (κ2) is 8.09. The van der Waals surface area contributed by atoms with Gasteiger partial charge in [-0.05, 0) is 35.9 Å². The average Bonchev–Trinajstić information content (AvgIpc) is 3.10. The lowest BCUT2D eigenvalue weighted by molar-refractivity contribution is -0.117. The highest BCUT2D eigenvalue weighted by Crippen LogP contribution is 2.36. The molecule has 7 heteroatoms. The molecule has 0 bridgehead atoms. The van der Waals surface area contributed by atoms with Crippen LogP contribution in [0.15, 0.2) is 40.5 Å². The van der Waals surface area contributed by atoms with E-state index in [-0.39, 0.29) is 12.1 Å². The Morgan fingerprint density at radius 2 is 2.21 bits per heavy atom. The van der Waals surface area contributed by atoms with Gasteiger partial charge in [-0.1, -0.05) is 11.6 Å². The number of nitrogens with zero attached hydrogens (tertiary/aromatic N) is 1. The third-order valence-corrected chi connectivity index (χ3v) is 3.42. The van der Waals surface area contributed by atoms with Crippen molar-refractivity contribution in [3.63, 3.8) is 0 Å². The summed E-state index contributed by atoms with van der Waals surface area (Å²) in [6, 6.07) is 8.52. The number of hydrogen-bond acceptors (Lipinski definition) is 5. The molecule has 0 atom stereocenters. The predicted molar refractivity (Wildman–Crippen MR) is 88.7 cm³/mol. The maximum absolute atomic E-state index is 12.1. The number of nitrogens with one attached hydrogen (secondary N) is 1. The molecule has 1 aromatic heterocycles. The van der Waals surface area contributed by atoms with Gasteiger partial charge in [-0.15, -0.1) is 0 Å². The minimum atomic E-state index is -0.514. The van der Waals surface area contributed by atoms with Gasteiger partial charge in [0.15, 0.2) is 11.5 Å². The number of nitriles is 1. The molecule has 0 spiro atoms. The number of hydrogen-bond donors (Lipinski definition) is 1. The fourth-order valence-corrected chi connectivity index (χ4v) is 2.31.